The summed E-state index contributed by atoms with van der Waals surface area (Å²) in [5, 5.41) is 12.0. The Morgan fingerprint density at radius 3 is 2.41 bits per heavy atom. The predicted molar refractivity (Wildman–Crippen MR) is 112 cm³/mol. The number of carbonyl (C=O) groups is 3. The molecule has 1 aliphatic rings. The number of nitrogens with zero attached hydrogens (tertiary/aromatic N) is 1. The molecule has 152 valence electrons. The highest BCUT2D eigenvalue weighted by Gasteiger charge is 2.22. The summed E-state index contributed by atoms with van der Waals surface area (Å²) in [6, 6.07) is 9.76. The van der Waals surface area contributed by atoms with Gasteiger partial charge < -0.3 is 15.3 Å². The Kier molecular flexibility index (Phi) is 6.01. The first kappa shape index (κ1) is 20.6. The Bertz CT molecular complexity index is 967. The van der Waals surface area contributed by atoms with Crippen LogP contribution in [0.3, 0.4) is 0 Å². The molecular formula is C23H26N2O4. The number of anilines is 1. The van der Waals surface area contributed by atoms with E-state index in [-0.39, 0.29) is 22.9 Å². The molecule has 3 rings (SSSR count). The van der Waals surface area contributed by atoms with Crippen LogP contribution in [-0.4, -0.2) is 40.9 Å². The minimum atomic E-state index is -1.08. The van der Waals surface area contributed by atoms with Crippen LogP contribution in [0, 0.1) is 19.8 Å². The molecule has 2 N–H and O–H groups in total. The number of piperidine rings is 1. The summed E-state index contributed by atoms with van der Waals surface area (Å²) in [4.78, 5) is 38.5. The lowest BCUT2D eigenvalue weighted by molar-refractivity contribution is 0.0679. The van der Waals surface area contributed by atoms with E-state index in [0.717, 1.165) is 31.5 Å². The molecule has 0 aromatic heterocycles. The zero-order valence-electron chi connectivity index (χ0n) is 17.0. The normalized spacial score (nSPS) is 16.4. The molecule has 2 amide bonds. The van der Waals surface area contributed by atoms with Gasteiger partial charge in [0.15, 0.2) is 0 Å². The van der Waals surface area contributed by atoms with Crippen LogP contribution in [0.5, 0.6) is 0 Å². The highest BCUT2D eigenvalue weighted by atomic mass is 16.4. The molecule has 1 heterocycles. The lowest BCUT2D eigenvalue weighted by Gasteiger charge is -2.31. The van der Waals surface area contributed by atoms with E-state index in [1.165, 1.54) is 12.1 Å². The van der Waals surface area contributed by atoms with Crippen LogP contribution >= 0.6 is 0 Å². The SMILES string of the molecule is Cc1cc(C(=O)O)cc(C(=O)Nc2ccc(C(=O)N3CCCC(C)C3)cc2C)c1. The standard InChI is InChI=1S/C23H26N2O4/c1-14-5-4-8-25(13-14)22(27)17-6-7-20(16(3)11-17)24-21(26)18-9-15(2)10-19(12-18)23(28)29/h6-7,9-12,14H,4-5,8,13H2,1-3H3,(H,24,26)(H,28,29). The van der Waals surface area contributed by atoms with E-state index >= 15 is 0 Å². The van der Waals surface area contributed by atoms with Gasteiger partial charge in [0.2, 0.25) is 0 Å². The fourth-order valence-corrected chi connectivity index (χ4v) is 3.73. The number of aromatic carboxylic acids is 1. The average Bonchev–Trinajstić information content (AvgIpc) is 2.68. The van der Waals surface area contributed by atoms with E-state index < -0.39 is 5.97 Å². The van der Waals surface area contributed by atoms with Crippen molar-refractivity contribution in [1.82, 2.24) is 4.90 Å². The van der Waals surface area contributed by atoms with Gasteiger partial charge in [0.1, 0.15) is 0 Å². The molecule has 1 unspecified atom stereocenters. The van der Waals surface area contributed by atoms with Gasteiger partial charge in [-0.05, 0) is 80.1 Å². The minimum Gasteiger partial charge on any atom is -0.478 e. The van der Waals surface area contributed by atoms with Crippen LogP contribution in [0.4, 0.5) is 5.69 Å². The van der Waals surface area contributed by atoms with Gasteiger partial charge in [0.25, 0.3) is 11.8 Å². The Morgan fingerprint density at radius 2 is 1.76 bits per heavy atom. The molecular weight excluding hydrogens is 368 g/mol. The highest BCUT2D eigenvalue weighted by Crippen LogP contribution is 2.22. The molecule has 0 bridgehead atoms. The van der Waals surface area contributed by atoms with Crippen LogP contribution in [0.25, 0.3) is 0 Å². The lowest BCUT2D eigenvalue weighted by atomic mass is 9.99. The van der Waals surface area contributed by atoms with E-state index in [1.807, 2.05) is 11.8 Å². The molecule has 2 aromatic rings. The largest absolute Gasteiger partial charge is 0.478 e. The van der Waals surface area contributed by atoms with Crippen LogP contribution < -0.4 is 5.32 Å². The Labute approximate surface area is 170 Å². The fraction of sp³-hybridized carbons (Fsp3) is 0.348. The van der Waals surface area contributed by atoms with Gasteiger partial charge in [-0.3, -0.25) is 9.59 Å². The topological polar surface area (TPSA) is 86.7 Å². The second-order valence-corrected chi connectivity index (χ2v) is 7.88. The second kappa shape index (κ2) is 8.47. The Morgan fingerprint density at radius 1 is 1.03 bits per heavy atom. The summed E-state index contributed by atoms with van der Waals surface area (Å²) in [6.45, 7) is 7.29. The number of carbonyl (C=O) groups excluding carboxylic acids is 2. The molecule has 6 heteroatoms. The molecule has 0 radical (unpaired) electrons. The Balaban J connectivity index is 1.76. The van der Waals surface area contributed by atoms with Crippen LogP contribution in [0.15, 0.2) is 36.4 Å². The number of carboxylic acids is 1. The summed E-state index contributed by atoms with van der Waals surface area (Å²) in [6.07, 6.45) is 2.17. The summed E-state index contributed by atoms with van der Waals surface area (Å²) in [7, 11) is 0. The monoisotopic (exact) mass is 394 g/mol. The molecule has 1 fully saturated rings. The number of hydrogen-bond acceptors (Lipinski definition) is 3. The molecule has 0 aliphatic carbocycles. The van der Waals surface area contributed by atoms with Gasteiger partial charge in [-0.1, -0.05) is 6.92 Å². The molecule has 29 heavy (non-hydrogen) atoms. The van der Waals surface area contributed by atoms with E-state index in [2.05, 4.69) is 12.2 Å². The summed E-state index contributed by atoms with van der Waals surface area (Å²) in [5.41, 5.74) is 3.03. The average molecular weight is 394 g/mol. The highest BCUT2D eigenvalue weighted by molar-refractivity contribution is 6.06. The van der Waals surface area contributed by atoms with Crippen molar-refractivity contribution in [3.8, 4) is 0 Å². The van der Waals surface area contributed by atoms with E-state index in [4.69, 9.17) is 0 Å². The van der Waals surface area contributed by atoms with Crippen molar-refractivity contribution in [2.45, 2.75) is 33.6 Å². The number of rotatable bonds is 4. The molecule has 0 spiro atoms. The molecule has 6 nitrogen and oxygen atoms in total. The number of benzene rings is 2. The first-order valence-electron chi connectivity index (χ1n) is 9.81. The van der Waals surface area contributed by atoms with Crippen LogP contribution in [-0.2, 0) is 0 Å². The van der Waals surface area contributed by atoms with Crippen molar-refractivity contribution >= 4 is 23.5 Å². The van der Waals surface area contributed by atoms with Gasteiger partial charge in [-0.2, -0.15) is 0 Å². The Hall–Kier alpha value is -3.15. The van der Waals surface area contributed by atoms with Crippen molar-refractivity contribution in [2.75, 3.05) is 18.4 Å². The lowest BCUT2D eigenvalue weighted by Crippen LogP contribution is -2.39. The van der Waals surface area contributed by atoms with Gasteiger partial charge in [0.05, 0.1) is 5.56 Å². The predicted octanol–water partition coefficient (Wildman–Crippen LogP) is 4.13. The molecule has 2 aromatic carbocycles. The zero-order valence-corrected chi connectivity index (χ0v) is 17.0. The van der Waals surface area contributed by atoms with Crippen LogP contribution in [0.2, 0.25) is 0 Å². The molecule has 1 aliphatic heterocycles. The third-order valence-electron chi connectivity index (χ3n) is 5.25. The van der Waals surface area contributed by atoms with Crippen molar-refractivity contribution in [2.24, 2.45) is 5.92 Å². The quantitative estimate of drug-likeness (QED) is 0.816. The first-order valence-corrected chi connectivity index (χ1v) is 9.81. The number of nitrogens with one attached hydrogen (secondary N) is 1. The van der Waals surface area contributed by atoms with Crippen molar-refractivity contribution < 1.29 is 19.5 Å². The van der Waals surface area contributed by atoms with Crippen molar-refractivity contribution in [3.05, 3.63) is 64.2 Å². The number of amides is 2. The second-order valence-electron chi connectivity index (χ2n) is 7.88. The molecule has 0 saturated carbocycles. The molecule has 1 atom stereocenters. The number of aryl methyl sites for hydroxylation is 2. The number of hydrogen-bond donors (Lipinski definition) is 2. The van der Waals surface area contributed by atoms with Gasteiger partial charge >= 0.3 is 5.97 Å². The van der Waals surface area contributed by atoms with E-state index in [9.17, 15) is 19.5 Å². The third kappa shape index (κ3) is 4.83. The molecule has 1 saturated heterocycles. The number of carboxylic acid groups (broad SMARTS) is 1. The maximum Gasteiger partial charge on any atom is 0.335 e. The fourth-order valence-electron chi connectivity index (χ4n) is 3.73. The smallest absolute Gasteiger partial charge is 0.335 e. The van der Waals surface area contributed by atoms with Gasteiger partial charge in [-0.15, -0.1) is 0 Å². The maximum absolute atomic E-state index is 12.8. The van der Waals surface area contributed by atoms with Gasteiger partial charge in [-0.25, -0.2) is 4.79 Å². The van der Waals surface area contributed by atoms with E-state index in [1.54, 1.807) is 31.2 Å². The van der Waals surface area contributed by atoms with Gasteiger partial charge in [0, 0.05) is 29.9 Å². The van der Waals surface area contributed by atoms with E-state index in [0.29, 0.717) is 22.7 Å². The summed E-state index contributed by atoms with van der Waals surface area (Å²) in [5.74, 6) is -0.934. The first-order chi connectivity index (χ1) is 13.7. The summed E-state index contributed by atoms with van der Waals surface area (Å²) < 4.78 is 0. The van der Waals surface area contributed by atoms with Crippen molar-refractivity contribution in [1.29, 1.82) is 0 Å². The van der Waals surface area contributed by atoms with Crippen molar-refractivity contribution in [3.63, 3.8) is 0 Å². The third-order valence-corrected chi connectivity index (χ3v) is 5.25. The summed E-state index contributed by atoms with van der Waals surface area (Å²) >= 11 is 0. The zero-order chi connectivity index (χ0) is 21.1. The number of likely N-dealkylation sites (tertiary alicyclic amines) is 1. The van der Waals surface area contributed by atoms with Crippen LogP contribution in [0.1, 0.15) is 62.0 Å². The minimum absolute atomic E-state index is 0.0160. The maximum atomic E-state index is 12.8.